The van der Waals surface area contributed by atoms with Gasteiger partial charge in [-0.05, 0) is 33.1 Å². The van der Waals surface area contributed by atoms with Crippen LogP contribution in [0, 0.1) is 0 Å². The third-order valence-electron chi connectivity index (χ3n) is 1.57. The molecule has 0 atom stereocenters. The average Bonchev–Trinajstić information content (AvgIpc) is 1.98. The van der Waals surface area contributed by atoms with Crippen LogP contribution >= 0.6 is 0 Å². The first kappa shape index (κ1) is 10.2. The molecule has 0 radical (unpaired) electrons. The van der Waals surface area contributed by atoms with E-state index < -0.39 is 0 Å². The Hall–Kier alpha value is -0.810. The Morgan fingerprint density at radius 1 is 1.45 bits per heavy atom. The quantitative estimate of drug-likeness (QED) is 0.447. The van der Waals surface area contributed by atoms with Crippen molar-refractivity contribution in [3.63, 3.8) is 0 Å². The standard InChI is InChI=1S/C10H16O/c1-4-10(8-11)7-5-6-9(2)3/h6H,4-5,7H2,1-3H3. The van der Waals surface area contributed by atoms with Crippen molar-refractivity contribution < 1.29 is 4.79 Å². The van der Waals surface area contributed by atoms with E-state index in [1.165, 1.54) is 5.57 Å². The van der Waals surface area contributed by atoms with Crippen molar-refractivity contribution in [2.75, 3.05) is 0 Å². The molecule has 0 amide bonds. The molecular weight excluding hydrogens is 136 g/mol. The fourth-order valence-electron chi connectivity index (χ4n) is 0.835. The summed E-state index contributed by atoms with van der Waals surface area (Å²) >= 11 is 0. The SMILES string of the molecule is CCC(=C=O)CCC=C(C)C. The molecule has 0 saturated carbocycles. The maximum absolute atomic E-state index is 10.2. The van der Waals surface area contributed by atoms with Crippen LogP contribution in [-0.2, 0) is 4.79 Å². The molecule has 62 valence electrons. The van der Waals surface area contributed by atoms with Crippen molar-refractivity contribution in [1.29, 1.82) is 0 Å². The zero-order valence-corrected chi connectivity index (χ0v) is 7.61. The molecule has 0 bridgehead atoms. The molecule has 0 aromatic rings. The van der Waals surface area contributed by atoms with Gasteiger partial charge in [0.05, 0.1) is 0 Å². The summed E-state index contributed by atoms with van der Waals surface area (Å²) in [5, 5.41) is 0. The maximum Gasteiger partial charge on any atom is 0.123 e. The first-order chi connectivity index (χ1) is 5.20. The van der Waals surface area contributed by atoms with E-state index in [1.54, 1.807) is 0 Å². The minimum atomic E-state index is 0.833. The predicted octanol–water partition coefficient (Wildman–Crippen LogP) is 2.90. The molecule has 0 aromatic heterocycles. The van der Waals surface area contributed by atoms with Crippen LogP contribution in [0.25, 0.3) is 0 Å². The highest BCUT2D eigenvalue weighted by atomic mass is 16.1. The minimum absolute atomic E-state index is 0.833. The molecule has 0 N–H and O–H groups in total. The highest BCUT2D eigenvalue weighted by Gasteiger charge is 1.92. The lowest BCUT2D eigenvalue weighted by Gasteiger charge is -1.95. The summed E-state index contributed by atoms with van der Waals surface area (Å²) in [5.41, 5.74) is 2.20. The lowest BCUT2D eigenvalue weighted by atomic mass is 10.1. The fourth-order valence-corrected chi connectivity index (χ4v) is 0.835. The van der Waals surface area contributed by atoms with Gasteiger partial charge in [0.1, 0.15) is 5.94 Å². The Morgan fingerprint density at radius 2 is 2.09 bits per heavy atom. The Kier molecular flexibility index (Phi) is 5.50. The Bertz CT molecular complexity index is 179. The van der Waals surface area contributed by atoms with E-state index in [2.05, 4.69) is 19.9 Å². The van der Waals surface area contributed by atoms with Crippen LogP contribution in [0.15, 0.2) is 17.2 Å². The molecule has 0 saturated heterocycles. The molecule has 0 aromatic carbocycles. The van der Waals surface area contributed by atoms with Crippen LogP contribution in [0.5, 0.6) is 0 Å². The van der Waals surface area contributed by atoms with Gasteiger partial charge in [-0.15, -0.1) is 0 Å². The van der Waals surface area contributed by atoms with Crippen molar-refractivity contribution in [1.82, 2.24) is 0 Å². The molecule has 0 aliphatic rings. The van der Waals surface area contributed by atoms with Crippen LogP contribution in [0.2, 0.25) is 0 Å². The van der Waals surface area contributed by atoms with Crippen LogP contribution in [0.1, 0.15) is 40.0 Å². The Morgan fingerprint density at radius 3 is 2.45 bits per heavy atom. The van der Waals surface area contributed by atoms with Gasteiger partial charge in [-0.3, -0.25) is 0 Å². The zero-order chi connectivity index (χ0) is 8.69. The van der Waals surface area contributed by atoms with Crippen molar-refractivity contribution in [3.8, 4) is 0 Å². The number of allylic oxidation sites excluding steroid dienone is 3. The van der Waals surface area contributed by atoms with Gasteiger partial charge < -0.3 is 0 Å². The number of carbonyl (C=O) groups excluding carboxylic acids is 1. The summed E-state index contributed by atoms with van der Waals surface area (Å²) in [7, 11) is 0. The summed E-state index contributed by atoms with van der Waals surface area (Å²) in [6, 6.07) is 0. The molecule has 0 unspecified atom stereocenters. The van der Waals surface area contributed by atoms with Crippen molar-refractivity contribution in [2.24, 2.45) is 0 Å². The van der Waals surface area contributed by atoms with Gasteiger partial charge in [0.2, 0.25) is 0 Å². The van der Waals surface area contributed by atoms with Gasteiger partial charge in [-0.1, -0.05) is 18.6 Å². The summed E-state index contributed by atoms with van der Waals surface area (Å²) < 4.78 is 0. The molecule has 11 heavy (non-hydrogen) atoms. The summed E-state index contributed by atoms with van der Waals surface area (Å²) in [6.07, 6.45) is 4.82. The third-order valence-corrected chi connectivity index (χ3v) is 1.57. The summed E-state index contributed by atoms with van der Waals surface area (Å²) in [6.45, 7) is 6.12. The average molecular weight is 152 g/mol. The molecule has 0 fully saturated rings. The Labute approximate surface area is 68.8 Å². The second kappa shape index (κ2) is 5.94. The molecule has 0 aliphatic heterocycles. The zero-order valence-electron chi connectivity index (χ0n) is 7.61. The predicted molar refractivity (Wildman–Crippen MR) is 48.2 cm³/mol. The molecule has 1 nitrogen and oxygen atoms in total. The number of hydrogen-bond donors (Lipinski definition) is 0. The van der Waals surface area contributed by atoms with Crippen molar-refractivity contribution >= 4 is 5.94 Å². The lowest BCUT2D eigenvalue weighted by molar-refractivity contribution is 0.565. The molecule has 0 heterocycles. The fraction of sp³-hybridized carbons (Fsp3) is 0.600. The van der Waals surface area contributed by atoms with E-state index in [9.17, 15) is 4.79 Å². The van der Waals surface area contributed by atoms with E-state index in [0.717, 1.165) is 24.8 Å². The third kappa shape index (κ3) is 5.63. The van der Waals surface area contributed by atoms with Crippen molar-refractivity contribution in [2.45, 2.75) is 40.0 Å². The molecular formula is C10H16O. The maximum atomic E-state index is 10.2. The van der Waals surface area contributed by atoms with E-state index in [4.69, 9.17) is 0 Å². The number of rotatable bonds is 4. The van der Waals surface area contributed by atoms with E-state index in [-0.39, 0.29) is 0 Å². The van der Waals surface area contributed by atoms with E-state index >= 15 is 0 Å². The van der Waals surface area contributed by atoms with Gasteiger partial charge >= 0.3 is 0 Å². The van der Waals surface area contributed by atoms with Crippen LogP contribution in [-0.4, -0.2) is 5.94 Å². The van der Waals surface area contributed by atoms with Crippen molar-refractivity contribution in [3.05, 3.63) is 17.2 Å². The van der Waals surface area contributed by atoms with Crippen LogP contribution in [0.4, 0.5) is 0 Å². The van der Waals surface area contributed by atoms with E-state index in [1.807, 2.05) is 12.9 Å². The van der Waals surface area contributed by atoms with E-state index in [0.29, 0.717) is 0 Å². The molecule has 1 heteroatoms. The number of hydrogen-bond acceptors (Lipinski definition) is 1. The summed E-state index contributed by atoms with van der Waals surface area (Å²) in [5.74, 6) is 1.96. The van der Waals surface area contributed by atoms with Gasteiger partial charge in [0.15, 0.2) is 0 Å². The first-order valence-corrected chi connectivity index (χ1v) is 4.07. The normalized spacial score (nSPS) is 8.64. The minimum Gasteiger partial charge on any atom is -0.234 e. The largest absolute Gasteiger partial charge is 0.234 e. The lowest BCUT2D eigenvalue weighted by Crippen LogP contribution is -1.81. The van der Waals surface area contributed by atoms with Gasteiger partial charge in [0.25, 0.3) is 0 Å². The first-order valence-electron chi connectivity index (χ1n) is 4.07. The van der Waals surface area contributed by atoms with Gasteiger partial charge in [-0.25, -0.2) is 4.79 Å². The van der Waals surface area contributed by atoms with Gasteiger partial charge in [0, 0.05) is 5.57 Å². The molecule has 0 spiro atoms. The topological polar surface area (TPSA) is 17.1 Å². The highest BCUT2D eigenvalue weighted by Crippen LogP contribution is 2.07. The van der Waals surface area contributed by atoms with Gasteiger partial charge in [-0.2, -0.15) is 0 Å². The monoisotopic (exact) mass is 152 g/mol. The highest BCUT2D eigenvalue weighted by molar-refractivity contribution is 5.52. The van der Waals surface area contributed by atoms with Crippen LogP contribution in [0.3, 0.4) is 0 Å². The molecule has 0 aliphatic carbocycles. The smallest absolute Gasteiger partial charge is 0.123 e. The van der Waals surface area contributed by atoms with Crippen LogP contribution < -0.4 is 0 Å². The molecule has 0 rings (SSSR count). The summed E-state index contributed by atoms with van der Waals surface area (Å²) in [4.78, 5) is 10.2. The second-order valence-corrected chi connectivity index (χ2v) is 2.88. The Balaban J connectivity index is 3.70. The second-order valence-electron chi connectivity index (χ2n) is 2.88.